The number of nitrogens with one attached hydrogen (secondary N) is 1. The van der Waals surface area contributed by atoms with Crippen molar-refractivity contribution in [3.63, 3.8) is 0 Å². The molecule has 0 saturated heterocycles. The van der Waals surface area contributed by atoms with Crippen LogP contribution >= 0.6 is 11.6 Å². The second kappa shape index (κ2) is 9.68. The molecule has 2 aromatic heterocycles. The van der Waals surface area contributed by atoms with Crippen molar-refractivity contribution in [1.82, 2.24) is 20.4 Å². The van der Waals surface area contributed by atoms with Crippen molar-refractivity contribution >= 4 is 28.2 Å². The molecule has 0 unspecified atom stereocenters. The van der Waals surface area contributed by atoms with Crippen LogP contribution in [0.1, 0.15) is 33.4 Å². The van der Waals surface area contributed by atoms with Crippen molar-refractivity contribution in [3.8, 4) is 11.3 Å². The van der Waals surface area contributed by atoms with Gasteiger partial charge in [0.25, 0.3) is 0 Å². The SMILES string of the molecule is CC.C\C=C/C=C\C(=C/C)c1[nH]nc2nnc(-c3ccccc3)c(Cl)c12. The maximum atomic E-state index is 6.66. The molecular weight excluding hydrogens is 344 g/mol. The second-order valence-corrected chi connectivity index (χ2v) is 5.53. The molecule has 1 aromatic carbocycles. The predicted molar refractivity (Wildman–Crippen MR) is 111 cm³/mol. The van der Waals surface area contributed by atoms with Crippen LogP contribution in [0.4, 0.5) is 0 Å². The molecule has 0 spiro atoms. The first-order chi connectivity index (χ1) is 12.8. The van der Waals surface area contributed by atoms with Gasteiger partial charge in [0.15, 0.2) is 0 Å². The summed E-state index contributed by atoms with van der Waals surface area (Å²) in [6.45, 7) is 7.95. The number of hydrogen-bond acceptors (Lipinski definition) is 3. The lowest BCUT2D eigenvalue weighted by Crippen LogP contribution is -1.91. The molecule has 1 N–H and O–H groups in total. The molecule has 0 aliphatic heterocycles. The molecule has 0 aliphatic rings. The summed E-state index contributed by atoms with van der Waals surface area (Å²) >= 11 is 6.66. The molecule has 0 fully saturated rings. The summed E-state index contributed by atoms with van der Waals surface area (Å²) in [6, 6.07) is 9.78. The van der Waals surface area contributed by atoms with Gasteiger partial charge in [0.2, 0.25) is 5.65 Å². The number of fused-ring (bicyclic) bond motifs is 1. The Kier molecular flexibility index (Phi) is 7.30. The van der Waals surface area contributed by atoms with Gasteiger partial charge in [0.05, 0.1) is 16.1 Å². The van der Waals surface area contributed by atoms with Gasteiger partial charge in [0, 0.05) is 5.56 Å². The molecule has 0 atom stereocenters. The van der Waals surface area contributed by atoms with E-state index in [1.165, 1.54) is 0 Å². The summed E-state index contributed by atoms with van der Waals surface area (Å²) in [7, 11) is 0. The Hall–Kier alpha value is -2.72. The van der Waals surface area contributed by atoms with Crippen molar-refractivity contribution in [2.45, 2.75) is 27.7 Å². The lowest BCUT2D eigenvalue weighted by Gasteiger charge is -2.05. The van der Waals surface area contributed by atoms with E-state index in [9.17, 15) is 0 Å². The number of nitrogens with zero attached hydrogens (tertiary/aromatic N) is 3. The van der Waals surface area contributed by atoms with Crippen molar-refractivity contribution < 1.29 is 0 Å². The van der Waals surface area contributed by atoms with Gasteiger partial charge in [-0.25, -0.2) is 0 Å². The molecule has 2 heterocycles. The van der Waals surface area contributed by atoms with Crippen LogP contribution < -0.4 is 0 Å². The van der Waals surface area contributed by atoms with Gasteiger partial charge in [-0.05, 0) is 19.4 Å². The monoisotopic (exact) mass is 366 g/mol. The zero-order valence-corrected chi connectivity index (χ0v) is 16.2. The molecule has 4 nitrogen and oxygen atoms in total. The third-order valence-corrected chi connectivity index (χ3v) is 4.01. The van der Waals surface area contributed by atoms with Crippen LogP contribution in [-0.4, -0.2) is 20.4 Å². The number of allylic oxidation sites excluding steroid dienone is 6. The first kappa shape index (κ1) is 19.6. The van der Waals surface area contributed by atoms with Crippen LogP contribution in [0.25, 0.3) is 27.9 Å². The summed E-state index contributed by atoms with van der Waals surface area (Å²) in [5, 5.41) is 17.0. The van der Waals surface area contributed by atoms with Crippen LogP contribution in [0.3, 0.4) is 0 Å². The van der Waals surface area contributed by atoms with Crippen LogP contribution in [0.15, 0.2) is 60.7 Å². The van der Waals surface area contributed by atoms with Crippen molar-refractivity contribution in [2.75, 3.05) is 0 Å². The summed E-state index contributed by atoms with van der Waals surface area (Å²) in [5.41, 5.74) is 3.92. The van der Waals surface area contributed by atoms with E-state index < -0.39 is 0 Å². The summed E-state index contributed by atoms with van der Waals surface area (Å²) < 4.78 is 0. The standard InChI is InChI=1S/C19H17ClN4.C2H6/c1-3-5-7-10-13(4-2)17-15-16(20)18(14-11-8-6-9-12-14)22-24-19(15)23-21-17;1-2/h3-12H,1-2H3,(H,21,23,24);1-2H3/b5-3-,10-7-,13-4+;. The highest BCUT2D eigenvalue weighted by Gasteiger charge is 2.17. The largest absolute Gasteiger partial charge is 0.275 e. The highest BCUT2D eigenvalue weighted by Crippen LogP contribution is 2.34. The Morgan fingerprint density at radius 1 is 1.04 bits per heavy atom. The molecule has 0 saturated carbocycles. The van der Waals surface area contributed by atoms with E-state index in [1.54, 1.807) is 0 Å². The fraction of sp³-hybridized carbons (Fsp3) is 0.190. The fourth-order valence-electron chi connectivity index (χ4n) is 2.46. The molecule has 26 heavy (non-hydrogen) atoms. The molecule has 0 bridgehead atoms. The lowest BCUT2D eigenvalue weighted by atomic mass is 10.1. The van der Waals surface area contributed by atoms with E-state index >= 15 is 0 Å². The van der Waals surface area contributed by atoms with E-state index in [-0.39, 0.29) is 0 Å². The lowest BCUT2D eigenvalue weighted by molar-refractivity contribution is 1.02. The zero-order valence-electron chi connectivity index (χ0n) is 15.5. The molecule has 3 aromatic rings. The Bertz CT molecular complexity index is 937. The third-order valence-electron chi connectivity index (χ3n) is 3.65. The Morgan fingerprint density at radius 3 is 2.42 bits per heavy atom. The quantitative estimate of drug-likeness (QED) is 0.556. The molecule has 0 amide bonds. The molecule has 0 radical (unpaired) electrons. The number of benzene rings is 1. The molecule has 0 aliphatic carbocycles. The minimum absolute atomic E-state index is 0.508. The van der Waals surface area contributed by atoms with E-state index in [1.807, 2.05) is 88.4 Å². The number of aromatic amines is 1. The molecule has 5 heteroatoms. The Balaban J connectivity index is 0.00000117. The number of halogens is 1. The first-order valence-corrected chi connectivity index (χ1v) is 9.05. The normalized spacial score (nSPS) is 12.0. The van der Waals surface area contributed by atoms with E-state index in [2.05, 4.69) is 20.4 Å². The highest BCUT2D eigenvalue weighted by atomic mass is 35.5. The van der Waals surface area contributed by atoms with E-state index in [4.69, 9.17) is 11.6 Å². The third kappa shape index (κ3) is 4.09. The average Bonchev–Trinajstić information content (AvgIpc) is 3.13. The van der Waals surface area contributed by atoms with E-state index in [0.29, 0.717) is 16.4 Å². The van der Waals surface area contributed by atoms with Gasteiger partial charge in [-0.3, -0.25) is 5.10 Å². The van der Waals surface area contributed by atoms with E-state index in [0.717, 1.165) is 22.2 Å². The van der Waals surface area contributed by atoms with Crippen LogP contribution in [-0.2, 0) is 0 Å². The van der Waals surface area contributed by atoms with Gasteiger partial charge < -0.3 is 0 Å². The molecule has 3 rings (SSSR count). The number of rotatable bonds is 4. The second-order valence-electron chi connectivity index (χ2n) is 5.15. The smallest absolute Gasteiger partial charge is 0.204 e. The van der Waals surface area contributed by atoms with Crippen molar-refractivity contribution in [3.05, 3.63) is 71.4 Å². The van der Waals surface area contributed by atoms with Crippen LogP contribution in [0.5, 0.6) is 0 Å². The van der Waals surface area contributed by atoms with Gasteiger partial charge >= 0.3 is 0 Å². The van der Waals surface area contributed by atoms with Crippen molar-refractivity contribution in [1.29, 1.82) is 0 Å². The molecule has 134 valence electrons. The predicted octanol–water partition coefficient (Wildman–Crippen LogP) is 6.24. The number of H-pyrrole nitrogens is 1. The zero-order chi connectivity index (χ0) is 18.9. The topological polar surface area (TPSA) is 54.5 Å². The Labute approximate surface area is 159 Å². The Morgan fingerprint density at radius 2 is 1.77 bits per heavy atom. The number of aromatic nitrogens is 4. The number of hydrogen-bond donors (Lipinski definition) is 1. The van der Waals surface area contributed by atoms with Crippen LogP contribution in [0, 0.1) is 0 Å². The summed E-state index contributed by atoms with van der Waals surface area (Å²) in [5.74, 6) is 0. The average molecular weight is 367 g/mol. The van der Waals surface area contributed by atoms with Gasteiger partial charge in [-0.2, -0.15) is 5.10 Å². The molecular formula is C21H23ClN4. The summed E-state index contributed by atoms with van der Waals surface area (Å²) in [6.07, 6.45) is 9.93. The minimum Gasteiger partial charge on any atom is -0.275 e. The first-order valence-electron chi connectivity index (χ1n) is 8.68. The highest BCUT2D eigenvalue weighted by molar-refractivity contribution is 6.38. The maximum absolute atomic E-state index is 6.66. The minimum atomic E-state index is 0.508. The van der Waals surface area contributed by atoms with Gasteiger partial charge in [-0.15, -0.1) is 10.2 Å². The van der Waals surface area contributed by atoms with Crippen LogP contribution in [0.2, 0.25) is 5.02 Å². The van der Waals surface area contributed by atoms with Gasteiger partial charge in [-0.1, -0.05) is 86.2 Å². The fourth-order valence-corrected chi connectivity index (χ4v) is 2.78. The maximum Gasteiger partial charge on any atom is 0.204 e. The summed E-state index contributed by atoms with van der Waals surface area (Å²) in [4.78, 5) is 0. The van der Waals surface area contributed by atoms with Crippen molar-refractivity contribution in [2.24, 2.45) is 0 Å². The van der Waals surface area contributed by atoms with Gasteiger partial charge in [0.1, 0.15) is 5.69 Å².